The third-order valence-corrected chi connectivity index (χ3v) is 7.49. The molecule has 0 radical (unpaired) electrons. The van der Waals surface area contributed by atoms with Gasteiger partial charge in [0.2, 0.25) is 11.9 Å². The molecule has 4 rings (SSSR count). The van der Waals surface area contributed by atoms with Crippen molar-refractivity contribution in [2.75, 3.05) is 18.4 Å². The molecular formula is C28H39N7O2. The smallest absolute Gasteiger partial charge is 0.276 e. The molecule has 2 amide bonds. The zero-order chi connectivity index (χ0) is 26.7. The Kier molecular flexibility index (Phi) is 7.82. The minimum atomic E-state index is -0.255. The number of likely N-dealkylation sites (tertiary alicyclic amines) is 1. The highest BCUT2D eigenvalue weighted by Crippen LogP contribution is 2.32. The number of nitrogens with zero attached hydrogens (tertiary/aromatic N) is 5. The van der Waals surface area contributed by atoms with Crippen LogP contribution in [0, 0.1) is 5.41 Å². The Balaban J connectivity index is 1.66. The van der Waals surface area contributed by atoms with E-state index < -0.39 is 0 Å². The van der Waals surface area contributed by atoms with E-state index in [9.17, 15) is 9.59 Å². The maximum Gasteiger partial charge on any atom is 0.276 e. The van der Waals surface area contributed by atoms with Crippen molar-refractivity contribution in [3.05, 3.63) is 54.4 Å². The molecule has 9 heteroatoms. The molecule has 2 atom stereocenters. The van der Waals surface area contributed by atoms with Crippen LogP contribution in [0.5, 0.6) is 0 Å². The number of fused-ring (bicyclic) bond motifs is 1. The highest BCUT2D eigenvalue weighted by atomic mass is 16.2. The number of hydrogen-bond acceptors (Lipinski definition) is 5. The van der Waals surface area contributed by atoms with Gasteiger partial charge in [0.1, 0.15) is 5.69 Å². The van der Waals surface area contributed by atoms with Gasteiger partial charge in [0.05, 0.1) is 11.0 Å². The molecule has 0 aliphatic carbocycles. The second-order valence-corrected chi connectivity index (χ2v) is 11.0. The van der Waals surface area contributed by atoms with Crippen LogP contribution in [-0.4, -0.2) is 55.2 Å². The molecule has 1 fully saturated rings. The largest absolute Gasteiger partial charge is 0.339 e. The van der Waals surface area contributed by atoms with Crippen LogP contribution < -0.4 is 10.6 Å². The zero-order valence-corrected chi connectivity index (χ0v) is 22.6. The van der Waals surface area contributed by atoms with E-state index in [0.717, 1.165) is 42.4 Å². The number of benzene rings is 1. The van der Waals surface area contributed by atoms with Gasteiger partial charge < -0.3 is 14.8 Å². The van der Waals surface area contributed by atoms with Gasteiger partial charge in [-0.25, -0.2) is 4.98 Å². The predicted molar refractivity (Wildman–Crippen MR) is 146 cm³/mol. The number of aromatic nitrogens is 4. The number of amides is 2. The monoisotopic (exact) mass is 505 g/mol. The Morgan fingerprint density at radius 2 is 2.00 bits per heavy atom. The predicted octanol–water partition coefficient (Wildman–Crippen LogP) is 4.29. The van der Waals surface area contributed by atoms with Crippen molar-refractivity contribution >= 4 is 28.8 Å². The maximum atomic E-state index is 13.1. The molecule has 1 aliphatic heterocycles. The van der Waals surface area contributed by atoms with Crippen molar-refractivity contribution in [3.63, 3.8) is 0 Å². The van der Waals surface area contributed by atoms with Crippen molar-refractivity contribution in [2.24, 2.45) is 12.5 Å². The lowest BCUT2D eigenvalue weighted by Crippen LogP contribution is -2.37. The van der Waals surface area contributed by atoms with Crippen LogP contribution in [0.3, 0.4) is 0 Å². The highest BCUT2D eigenvalue weighted by Gasteiger charge is 2.26. The van der Waals surface area contributed by atoms with E-state index in [-0.39, 0.29) is 23.3 Å². The molecular weight excluding hydrogens is 466 g/mol. The van der Waals surface area contributed by atoms with Gasteiger partial charge in [0.15, 0.2) is 0 Å². The first-order chi connectivity index (χ1) is 17.6. The molecule has 3 heterocycles. The maximum absolute atomic E-state index is 13.1. The molecule has 198 valence electrons. The number of anilines is 1. The molecule has 37 heavy (non-hydrogen) atoms. The number of imidazole rings is 1. The summed E-state index contributed by atoms with van der Waals surface area (Å²) in [4.78, 5) is 32.1. The minimum absolute atomic E-state index is 0.0394. The molecule has 0 spiro atoms. The van der Waals surface area contributed by atoms with Crippen molar-refractivity contribution < 1.29 is 9.59 Å². The van der Waals surface area contributed by atoms with E-state index >= 15 is 0 Å². The second kappa shape index (κ2) is 10.9. The van der Waals surface area contributed by atoms with Gasteiger partial charge in [0.25, 0.3) is 5.91 Å². The quantitative estimate of drug-likeness (QED) is 0.467. The normalized spacial score (nSPS) is 17.4. The molecule has 1 aliphatic rings. The number of nitrogens with one attached hydrogen (secondary N) is 2. The van der Waals surface area contributed by atoms with Gasteiger partial charge in [-0.2, -0.15) is 5.10 Å². The summed E-state index contributed by atoms with van der Waals surface area (Å²) < 4.78 is 3.69. The van der Waals surface area contributed by atoms with Crippen molar-refractivity contribution in [2.45, 2.75) is 65.6 Å². The standard InChI is InChI=1S/C28H39N7O2/c1-7-25(36)34-15-8-9-21(13-16-34)35-23-11-10-20(18-29-19(2)28(3,4)5)17-22(23)31-27(35)32-26(37)24-12-14-30-33(24)6/h7,10-12,14,17,19,21,29H,1,8-9,13,15-16,18H2,2-6H3,(H,31,32,37)/t19-,21+/m0/s1. The van der Waals surface area contributed by atoms with E-state index in [2.05, 4.69) is 72.8 Å². The summed E-state index contributed by atoms with van der Waals surface area (Å²) in [6.45, 7) is 14.6. The average Bonchev–Trinajstić information content (AvgIpc) is 3.35. The Morgan fingerprint density at radius 3 is 2.68 bits per heavy atom. The molecule has 3 aromatic rings. The fourth-order valence-electron chi connectivity index (χ4n) is 4.74. The fourth-order valence-corrected chi connectivity index (χ4v) is 4.74. The summed E-state index contributed by atoms with van der Waals surface area (Å²) in [5.41, 5.74) is 3.58. The van der Waals surface area contributed by atoms with Crippen LogP contribution in [0.1, 0.15) is 69.1 Å². The molecule has 9 nitrogen and oxygen atoms in total. The summed E-state index contributed by atoms with van der Waals surface area (Å²) in [7, 11) is 1.74. The van der Waals surface area contributed by atoms with Gasteiger partial charge in [-0.05, 0) is 61.4 Å². The van der Waals surface area contributed by atoms with Crippen molar-refractivity contribution in [1.29, 1.82) is 0 Å². The summed E-state index contributed by atoms with van der Waals surface area (Å²) >= 11 is 0. The SMILES string of the molecule is C=CC(=O)N1CCC[C@@H](n2c(NC(=O)c3ccnn3C)nc3cc(CN[C@@H](C)C(C)(C)C)ccc32)CC1. The molecule has 2 N–H and O–H groups in total. The van der Waals surface area contributed by atoms with Crippen LogP contribution >= 0.6 is 0 Å². The van der Waals surface area contributed by atoms with E-state index in [0.29, 0.717) is 30.8 Å². The lowest BCUT2D eigenvalue weighted by Gasteiger charge is -2.28. The lowest BCUT2D eigenvalue weighted by atomic mass is 9.88. The summed E-state index contributed by atoms with van der Waals surface area (Å²) in [6, 6.07) is 8.45. The van der Waals surface area contributed by atoms with Gasteiger partial charge in [-0.15, -0.1) is 0 Å². The summed E-state index contributed by atoms with van der Waals surface area (Å²) in [6.07, 6.45) is 5.50. The number of carbonyl (C=O) groups is 2. The van der Waals surface area contributed by atoms with Crippen LogP contribution in [0.2, 0.25) is 0 Å². The zero-order valence-electron chi connectivity index (χ0n) is 22.6. The summed E-state index contributed by atoms with van der Waals surface area (Å²) in [5, 5.41) is 10.8. The Labute approximate surface area is 218 Å². The first-order valence-corrected chi connectivity index (χ1v) is 13.0. The van der Waals surface area contributed by atoms with Crippen LogP contribution in [0.4, 0.5) is 5.95 Å². The van der Waals surface area contributed by atoms with Crippen LogP contribution in [0.15, 0.2) is 43.1 Å². The van der Waals surface area contributed by atoms with Gasteiger partial charge in [-0.3, -0.25) is 19.6 Å². The Bertz CT molecular complexity index is 1280. The highest BCUT2D eigenvalue weighted by molar-refractivity contribution is 6.03. The third kappa shape index (κ3) is 5.93. The van der Waals surface area contributed by atoms with E-state index in [1.165, 1.54) is 6.08 Å². The Hall–Kier alpha value is -3.46. The number of rotatable bonds is 7. The lowest BCUT2D eigenvalue weighted by molar-refractivity contribution is -0.125. The summed E-state index contributed by atoms with van der Waals surface area (Å²) in [5.74, 6) is 0.222. The molecule has 1 saturated heterocycles. The minimum Gasteiger partial charge on any atom is -0.339 e. The van der Waals surface area contributed by atoms with Crippen molar-refractivity contribution in [1.82, 2.24) is 29.5 Å². The van der Waals surface area contributed by atoms with Gasteiger partial charge >= 0.3 is 0 Å². The number of aryl methyl sites for hydroxylation is 1. The molecule has 0 saturated carbocycles. The topological polar surface area (TPSA) is 97.1 Å². The van der Waals surface area contributed by atoms with Crippen LogP contribution in [-0.2, 0) is 18.4 Å². The average molecular weight is 506 g/mol. The van der Waals surface area contributed by atoms with Gasteiger partial charge in [0, 0.05) is 45.0 Å². The number of hydrogen-bond donors (Lipinski definition) is 2. The molecule has 0 unspecified atom stereocenters. The van der Waals surface area contributed by atoms with Gasteiger partial charge in [-0.1, -0.05) is 33.4 Å². The first-order valence-electron chi connectivity index (χ1n) is 13.0. The van der Waals surface area contributed by atoms with E-state index in [4.69, 9.17) is 4.98 Å². The third-order valence-electron chi connectivity index (χ3n) is 7.49. The van der Waals surface area contributed by atoms with E-state index in [1.807, 2.05) is 4.90 Å². The number of carbonyl (C=O) groups excluding carboxylic acids is 2. The molecule has 0 bridgehead atoms. The Morgan fingerprint density at radius 1 is 1.22 bits per heavy atom. The van der Waals surface area contributed by atoms with Crippen LogP contribution in [0.25, 0.3) is 11.0 Å². The molecule has 1 aromatic carbocycles. The second-order valence-electron chi connectivity index (χ2n) is 11.0. The van der Waals surface area contributed by atoms with E-state index in [1.54, 1.807) is 24.0 Å². The first kappa shape index (κ1) is 26.6. The molecule has 2 aromatic heterocycles. The fraction of sp³-hybridized carbons (Fsp3) is 0.500. The van der Waals surface area contributed by atoms with Crippen molar-refractivity contribution in [3.8, 4) is 0 Å².